The maximum Gasteiger partial charge on any atom is 0.407 e. The van der Waals surface area contributed by atoms with E-state index in [0.29, 0.717) is 12.8 Å². The van der Waals surface area contributed by atoms with Crippen molar-refractivity contribution in [3.05, 3.63) is 59.7 Å². The van der Waals surface area contributed by atoms with Crippen molar-refractivity contribution in [1.82, 2.24) is 10.6 Å². The molecule has 4 atom stereocenters. The number of fused-ring (bicyclic) bond motifs is 3. The molecule has 1 heterocycles. The highest BCUT2D eigenvalue weighted by atomic mass is 16.5. The van der Waals surface area contributed by atoms with Gasteiger partial charge < -0.3 is 25.2 Å². The number of carbonyl (C=O) groups excluding carboxylic acids is 2. The Kier molecular flexibility index (Phi) is 6.72. The van der Waals surface area contributed by atoms with Crippen LogP contribution in [0, 0.1) is 11.8 Å². The molecule has 5 rings (SSSR count). The molecular weight excluding hydrogens is 448 g/mol. The predicted octanol–water partition coefficient (Wildman–Crippen LogP) is 3.30. The van der Waals surface area contributed by atoms with Crippen molar-refractivity contribution in [2.24, 2.45) is 11.8 Å². The Morgan fingerprint density at radius 2 is 1.63 bits per heavy atom. The number of hydrogen-bond acceptors (Lipinski definition) is 5. The third kappa shape index (κ3) is 5.03. The van der Waals surface area contributed by atoms with E-state index in [1.54, 1.807) is 0 Å². The van der Waals surface area contributed by atoms with Crippen LogP contribution in [0.4, 0.5) is 4.79 Å². The summed E-state index contributed by atoms with van der Waals surface area (Å²) in [5, 5.41) is 15.0. The molecule has 1 aliphatic heterocycles. The van der Waals surface area contributed by atoms with Crippen LogP contribution in [-0.4, -0.2) is 55.0 Å². The molecule has 0 aromatic heterocycles. The van der Waals surface area contributed by atoms with Crippen LogP contribution >= 0.6 is 0 Å². The smallest absolute Gasteiger partial charge is 0.407 e. The Balaban J connectivity index is 1.09. The maximum absolute atomic E-state index is 12.6. The summed E-state index contributed by atoms with van der Waals surface area (Å²) >= 11 is 0. The zero-order valence-corrected chi connectivity index (χ0v) is 19.4. The lowest BCUT2D eigenvalue weighted by Crippen LogP contribution is -2.43. The van der Waals surface area contributed by atoms with Gasteiger partial charge >= 0.3 is 12.1 Å². The summed E-state index contributed by atoms with van der Waals surface area (Å²) in [6.45, 7) is 0.613. The molecule has 2 aromatic rings. The fourth-order valence-electron chi connectivity index (χ4n) is 5.67. The number of hydrogen-bond donors (Lipinski definition) is 3. The molecule has 0 radical (unpaired) electrons. The van der Waals surface area contributed by atoms with Gasteiger partial charge in [-0.25, -0.2) is 4.79 Å². The first-order valence-electron chi connectivity index (χ1n) is 12.2. The average molecular weight is 479 g/mol. The number of carbonyl (C=O) groups is 3. The molecule has 8 heteroatoms. The molecule has 2 aliphatic carbocycles. The fraction of sp³-hybridized carbons (Fsp3) is 0.444. The summed E-state index contributed by atoms with van der Waals surface area (Å²) in [6.07, 6.45) is 2.18. The van der Waals surface area contributed by atoms with Crippen molar-refractivity contribution in [1.29, 1.82) is 0 Å². The van der Waals surface area contributed by atoms with Crippen molar-refractivity contribution in [2.45, 2.75) is 43.7 Å². The Hall–Kier alpha value is -3.39. The van der Waals surface area contributed by atoms with Gasteiger partial charge in [-0.1, -0.05) is 48.5 Å². The summed E-state index contributed by atoms with van der Waals surface area (Å²) in [5.74, 6) is -1.67. The van der Waals surface area contributed by atoms with E-state index in [4.69, 9.17) is 9.47 Å². The second kappa shape index (κ2) is 10.1. The molecule has 35 heavy (non-hydrogen) atoms. The van der Waals surface area contributed by atoms with Crippen LogP contribution < -0.4 is 10.6 Å². The highest BCUT2D eigenvalue weighted by Crippen LogP contribution is 2.44. The van der Waals surface area contributed by atoms with Gasteiger partial charge in [-0.05, 0) is 47.4 Å². The molecule has 3 N–H and O–H groups in total. The van der Waals surface area contributed by atoms with E-state index in [-0.39, 0.29) is 43.6 Å². The van der Waals surface area contributed by atoms with Crippen LogP contribution in [0.2, 0.25) is 0 Å². The molecule has 2 unspecified atom stereocenters. The van der Waals surface area contributed by atoms with E-state index in [0.717, 1.165) is 12.8 Å². The Labute approximate surface area is 204 Å². The lowest BCUT2D eigenvalue weighted by atomic mass is 9.98. The van der Waals surface area contributed by atoms with E-state index >= 15 is 0 Å². The summed E-state index contributed by atoms with van der Waals surface area (Å²) in [4.78, 5) is 36.2. The summed E-state index contributed by atoms with van der Waals surface area (Å²) in [7, 11) is 0. The van der Waals surface area contributed by atoms with Gasteiger partial charge in [-0.15, -0.1) is 0 Å². The van der Waals surface area contributed by atoms with Crippen molar-refractivity contribution in [3.63, 3.8) is 0 Å². The monoisotopic (exact) mass is 478 g/mol. The van der Waals surface area contributed by atoms with E-state index < -0.39 is 24.0 Å². The number of ether oxygens (including phenoxy) is 2. The van der Waals surface area contributed by atoms with E-state index in [9.17, 15) is 19.5 Å². The summed E-state index contributed by atoms with van der Waals surface area (Å²) in [5.41, 5.74) is 4.72. The van der Waals surface area contributed by atoms with Gasteiger partial charge in [0.15, 0.2) is 0 Å². The molecule has 0 spiro atoms. The predicted molar refractivity (Wildman–Crippen MR) is 128 cm³/mol. The average Bonchev–Trinajstić information content (AvgIpc) is 3.56. The number of carboxylic acids is 1. The van der Waals surface area contributed by atoms with Gasteiger partial charge in [0.1, 0.15) is 12.5 Å². The normalized spacial score (nSPS) is 25.0. The lowest BCUT2D eigenvalue weighted by molar-refractivity contribution is -0.142. The third-order valence-electron chi connectivity index (χ3n) is 7.43. The number of alkyl carbamates (subject to hydrolysis) is 1. The molecular formula is C27H30N2O6. The zero-order chi connectivity index (χ0) is 24.4. The second-order valence-electron chi connectivity index (χ2n) is 9.71. The van der Waals surface area contributed by atoms with Crippen LogP contribution in [-0.2, 0) is 19.1 Å². The SMILES string of the molecule is O=C(C[C@@H]1CC[C@H](NC(=O)OCC2c3ccccc3-c3ccccc32)C1)NC1COCC1C(=O)O. The van der Waals surface area contributed by atoms with Crippen LogP contribution in [0.5, 0.6) is 0 Å². The largest absolute Gasteiger partial charge is 0.481 e. The topological polar surface area (TPSA) is 114 Å². The molecule has 2 amide bonds. The van der Waals surface area contributed by atoms with Gasteiger partial charge in [-0.3, -0.25) is 9.59 Å². The minimum absolute atomic E-state index is 0.0161. The van der Waals surface area contributed by atoms with E-state index in [1.165, 1.54) is 22.3 Å². The first-order valence-corrected chi connectivity index (χ1v) is 12.2. The fourth-order valence-corrected chi connectivity index (χ4v) is 5.67. The van der Waals surface area contributed by atoms with Crippen molar-refractivity contribution in [3.8, 4) is 11.1 Å². The number of nitrogens with one attached hydrogen (secondary N) is 2. The van der Waals surface area contributed by atoms with Crippen LogP contribution in [0.3, 0.4) is 0 Å². The molecule has 3 aliphatic rings. The third-order valence-corrected chi connectivity index (χ3v) is 7.43. The molecule has 2 fully saturated rings. The molecule has 184 valence electrons. The van der Waals surface area contributed by atoms with Gasteiger partial charge in [0.25, 0.3) is 0 Å². The number of carboxylic acid groups (broad SMARTS) is 1. The zero-order valence-electron chi connectivity index (χ0n) is 19.4. The minimum atomic E-state index is -0.957. The Bertz CT molecular complexity index is 1070. The molecule has 8 nitrogen and oxygen atoms in total. The first-order chi connectivity index (χ1) is 17.0. The molecule has 0 bridgehead atoms. The lowest BCUT2D eigenvalue weighted by Gasteiger charge is -2.18. The van der Waals surface area contributed by atoms with E-state index in [1.807, 2.05) is 24.3 Å². The van der Waals surface area contributed by atoms with Gasteiger partial charge in [-0.2, -0.15) is 0 Å². The van der Waals surface area contributed by atoms with Crippen LogP contribution in [0.25, 0.3) is 11.1 Å². The van der Waals surface area contributed by atoms with Crippen molar-refractivity contribution in [2.75, 3.05) is 19.8 Å². The highest BCUT2D eigenvalue weighted by Gasteiger charge is 2.36. The molecule has 1 saturated heterocycles. The van der Waals surface area contributed by atoms with Gasteiger partial charge in [0.05, 0.1) is 19.3 Å². The summed E-state index contributed by atoms with van der Waals surface area (Å²) < 4.78 is 10.8. The quantitative estimate of drug-likeness (QED) is 0.563. The van der Waals surface area contributed by atoms with Gasteiger partial charge in [0.2, 0.25) is 5.91 Å². The Morgan fingerprint density at radius 3 is 2.31 bits per heavy atom. The maximum atomic E-state index is 12.6. The number of rotatable bonds is 7. The van der Waals surface area contributed by atoms with Crippen LogP contribution in [0.15, 0.2) is 48.5 Å². The molecule has 2 aromatic carbocycles. The van der Waals surface area contributed by atoms with Crippen LogP contribution in [0.1, 0.15) is 42.7 Å². The standard InChI is InChI=1S/C27H30N2O6/c30-25(29-24-15-34-13-23(24)26(31)32)12-16-9-10-17(11-16)28-27(33)35-14-22-20-7-3-1-5-18(20)19-6-2-4-8-21(19)22/h1-8,16-17,22-24H,9-15H2,(H,28,33)(H,29,30)(H,31,32)/t16-,17+,23?,24?/m1/s1. The van der Waals surface area contributed by atoms with Gasteiger partial charge in [0, 0.05) is 18.4 Å². The Morgan fingerprint density at radius 1 is 0.943 bits per heavy atom. The molecule has 1 saturated carbocycles. The second-order valence-corrected chi connectivity index (χ2v) is 9.71. The number of amides is 2. The highest BCUT2D eigenvalue weighted by molar-refractivity contribution is 5.79. The van der Waals surface area contributed by atoms with Crippen molar-refractivity contribution < 1.29 is 29.0 Å². The first kappa shape index (κ1) is 23.4. The number of benzene rings is 2. The summed E-state index contributed by atoms with van der Waals surface area (Å²) in [6, 6.07) is 15.9. The minimum Gasteiger partial charge on any atom is -0.481 e. The van der Waals surface area contributed by atoms with E-state index in [2.05, 4.69) is 34.9 Å². The van der Waals surface area contributed by atoms with Crippen molar-refractivity contribution >= 4 is 18.0 Å². The number of aliphatic carboxylic acids is 1.